The molecule has 0 bridgehead atoms. The van der Waals surface area contributed by atoms with Crippen LogP contribution < -0.4 is 9.86 Å². The second-order valence-electron chi connectivity index (χ2n) is 5.30. The number of ether oxygens (including phenoxy) is 2. The molecule has 8 nitrogen and oxygen atoms in total. The fourth-order valence-corrected chi connectivity index (χ4v) is 2.02. The summed E-state index contributed by atoms with van der Waals surface area (Å²) in [7, 11) is -3.79. The van der Waals surface area contributed by atoms with Crippen LogP contribution in [0.15, 0.2) is 0 Å². The number of morpholine rings is 1. The summed E-state index contributed by atoms with van der Waals surface area (Å²) in [5.41, 5.74) is -0.604. The van der Waals surface area contributed by atoms with Crippen LogP contribution in [0, 0.1) is 0 Å². The fraction of sp³-hybridized carbons (Fsp3) is 0.900. The molecule has 0 aromatic heterocycles. The van der Waals surface area contributed by atoms with Gasteiger partial charge in [-0.15, -0.1) is 0 Å². The van der Waals surface area contributed by atoms with Crippen molar-refractivity contribution in [2.45, 2.75) is 32.4 Å². The number of rotatable bonds is 3. The van der Waals surface area contributed by atoms with E-state index < -0.39 is 27.9 Å². The number of amides is 1. The third kappa shape index (κ3) is 6.19. The Hall–Kier alpha value is -0.900. The second-order valence-corrected chi connectivity index (χ2v) is 6.67. The van der Waals surface area contributed by atoms with Crippen LogP contribution in [0.2, 0.25) is 0 Å². The molecule has 1 heterocycles. The third-order valence-corrected chi connectivity index (χ3v) is 2.94. The van der Waals surface area contributed by atoms with E-state index >= 15 is 0 Å². The Morgan fingerprint density at radius 1 is 1.53 bits per heavy atom. The summed E-state index contributed by atoms with van der Waals surface area (Å²) in [5, 5.41) is 4.86. The molecule has 0 saturated carbocycles. The standard InChI is InChI=1S/C10H21N3O5S/c1-10(2,3)18-9(14)13-4-5-17-7-8(13)6-12-19(11,15)16/h8,12H,4-7H2,1-3H3,(H2,11,15,16). The van der Waals surface area contributed by atoms with Crippen LogP contribution in [0.4, 0.5) is 4.79 Å². The monoisotopic (exact) mass is 295 g/mol. The zero-order chi connectivity index (χ0) is 14.7. The molecule has 112 valence electrons. The van der Waals surface area contributed by atoms with E-state index in [1.165, 1.54) is 4.90 Å². The number of carbonyl (C=O) groups excluding carboxylic acids is 1. The van der Waals surface area contributed by atoms with Crippen LogP contribution in [0.3, 0.4) is 0 Å². The maximum absolute atomic E-state index is 12.0. The smallest absolute Gasteiger partial charge is 0.410 e. The second kappa shape index (κ2) is 6.04. The molecule has 3 N–H and O–H groups in total. The van der Waals surface area contributed by atoms with Crippen molar-refractivity contribution in [1.82, 2.24) is 9.62 Å². The SMILES string of the molecule is CC(C)(C)OC(=O)N1CCOCC1CNS(N)(=O)=O. The quantitative estimate of drug-likeness (QED) is 0.723. The van der Waals surface area contributed by atoms with Crippen LogP contribution in [0.25, 0.3) is 0 Å². The van der Waals surface area contributed by atoms with E-state index in [4.69, 9.17) is 14.6 Å². The number of hydrogen-bond donors (Lipinski definition) is 2. The first kappa shape index (κ1) is 16.2. The van der Waals surface area contributed by atoms with E-state index in [0.717, 1.165) is 0 Å². The molecule has 0 aromatic rings. The average Bonchev–Trinajstić information content (AvgIpc) is 2.23. The van der Waals surface area contributed by atoms with Gasteiger partial charge in [0.15, 0.2) is 0 Å². The van der Waals surface area contributed by atoms with Gasteiger partial charge < -0.3 is 9.47 Å². The molecule has 0 spiro atoms. The van der Waals surface area contributed by atoms with E-state index in [0.29, 0.717) is 13.2 Å². The third-order valence-electron chi connectivity index (χ3n) is 2.38. The summed E-state index contributed by atoms with van der Waals surface area (Å²) in [6, 6.07) is -0.429. The zero-order valence-corrected chi connectivity index (χ0v) is 12.2. The van der Waals surface area contributed by atoms with Crippen molar-refractivity contribution in [3.8, 4) is 0 Å². The summed E-state index contributed by atoms with van der Waals surface area (Å²) in [6.45, 7) is 6.28. The normalized spacial score (nSPS) is 21.3. The Labute approximate surface area is 113 Å². The molecule has 1 amide bonds. The van der Waals surface area contributed by atoms with Crippen molar-refractivity contribution < 1.29 is 22.7 Å². The van der Waals surface area contributed by atoms with Gasteiger partial charge in [-0.05, 0) is 20.8 Å². The van der Waals surface area contributed by atoms with Gasteiger partial charge in [-0.3, -0.25) is 4.90 Å². The lowest BCUT2D eigenvalue weighted by Crippen LogP contribution is -2.55. The summed E-state index contributed by atoms with van der Waals surface area (Å²) in [6.07, 6.45) is -0.489. The maximum Gasteiger partial charge on any atom is 0.410 e. The molecule has 9 heteroatoms. The fourth-order valence-electron chi connectivity index (χ4n) is 1.60. The van der Waals surface area contributed by atoms with E-state index in [1.807, 2.05) is 0 Å². The lowest BCUT2D eigenvalue weighted by atomic mass is 10.2. The van der Waals surface area contributed by atoms with Gasteiger partial charge in [0.1, 0.15) is 5.60 Å². The van der Waals surface area contributed by atoms with Gasteiger partial charge in [0.25, 0.3) is 10.2 Å². The Kier molecular flexibility index (Phi) is 5.13. The average molecular weight is 295 g/mol. The van der Waals surface area contributed by atoms with Gasteiger partial charge in [-0.1, -0.05) is 0 Å². The van der Waals surface area contributed by atoms with Crippen molar-refractivity contribution in [2.24, 2.45) is 5.14 Å². The Morgan fingerprint density at radius 2 is 2.16 bits per heavy atom. The predicted molar refractivity (Wildman–Crippen MR) is 68.7 cm³/mol. The van der Waals surface area contributed by atoms with Gasteiger partial charge in [0, 0.05) is 13.1 Å². The lowest BCUT2D eigenvalue weighted by Gasteiger charge is -2.36. The molecule has 1 saturated heterocycles. The summed E-state index contributed by atoms with van der Waals surface area (Å²) in [4.78, 5) is 13.4. The molecule has 1 rings (SSSR count). The van der Waals surface area contributed by atoms with Crippen LogP contribution >= 0.6 is 0 Å². The Bertz CT molecular complexity index is 417. The van der Waals surface area contributed by atoms with Gasteiger partial charge in [0.05, 0.1) is 19.3 Å². The highest BCUT2D eigenvalue weighted by Crippen LogP contribution is 2.14. The highest BCUT2D eigenvalue weighted by Gasteiger charge is 2.31. The minimum Gasteiger partial charge on any atom is -0.444 e. The molecular weight excluding hydrogens is 274 g/mol. The van der Waals surface area contributed by atoms with Crippen molar-refractivity contribution in [3.05, 3.63) is 0 Å². The van der Waals surface area contributed by atoms with Crippen molar-refractivity contribution >= 4 is 16.3 Å². The molecule has 1 fully saturated rings. The lowest BCUT2D eigenvalue weighted by molar-refractivity contribution is -0.0307. The number of nitrogens with zero attached hydrogens (tertiary/aromatic N) is 1. The Morgan fingerprint density at radius 3 is 2.68 bits per heavy atom. The Balaban J connectivity index is 2.64. The van der Waals surface area contributed by atoms with Crippen LogP contribution in [0.5, 0.6) is 0 Å². The topological polar surface area (TPSA) is 111 Å². The molecule has 0 aliphatic carbocycles. The maximum atomic E-state index is 12.0. The minimum absolute atomic E-state index is 0.00191. The molecule has 0 aromatic carbocycles. The molecule has 1 aliphatic heterocycles. The molecule has 1 aliphatic rings. The molecule has 1 atom stereocenters. The molecular formula is C10H21N3O5S. The first-order chi connectivity index (χ1) is 8.58. The number of carbonyl (C=O) groups is 1. The number of nitrogens with one attached hydrogen (secondary N) is 1. The highest BCUT2D eigenvalue weighted by molar-refractivity contribution is 7.87. The molecule has 19 heavy (non-hydrogen) atoms. The molecule has 1 unspecified atom stereocenters. The molecule has 0 radical (unpaired) electrons. The van der Waals surface area contributed by atoms with Crippen molar-refractivity contribution in [2.75, 3.05) is 26.3 Å². The number of hydrogen-bond acceptors (Lipinski definition) is 5. The minimum atomic E-state index is -3.79. The van der Waals surface area contributed by atoms with Gasteiger partial charge in [-0.2, -0.15) is 8.42 Å². The van der Waals surface area contributed by atoms with E-state index in [1.54, 1.807) is 20.8 Å². The van der Waals surface area contributed by atoms with Crippen molar-refractivity contribution in [3.63, 3.8) is 0 Å². The predicted octanol–water partition coefficient (Wildman–Crippen LogP) is -0.585. The van der Waals surface area contributed by atoms with E-state index in [2.05, 4.69) is 4.72 Å². The van der Waals surface area contributed by atoms with Gasteiger partial charge in [0.2, 0.25) is 0 Å². The van der Waals surface area contributed by atoms with E-state index in [-0.39, 0.29) is 13.2 Å². The zero-order valence-electron chi connectivity index (χ0n) is 11.4. The van der Waals surface area contributed by atoms with Gasteiger partial charge >= 0.3 is 6.09 Å². The van der Waals surface area contributed by atoms with Crippen LogP contribution in [-0.2, 0) is 19.7 Å². The number of nitrogens with two attached hydrogens (primary N) is 1. The summed E-state index contributed by atoms with van der Waals surface area (Å²) in [5.74, 6) is 0. The highest BCUT2D eigenvalue weighted by atomic mass is 32.2. The van der Waals surface area contributed by atoms with Crippen LogP contribution in [0.1, 0.15) is 20.8 Å². The van der Waals surface area contributed by atoms with E-state index in [9.17, 15) is 13.2 Å². The summed E-state index contributed by atoms with van der Waals surface area (Å²) < 4.78 is 34.4. The summed E-state index contributed by atoms with van der Waals surface area (Å²) >= 11 is 0. The van der Waals surface area contributed by atoms with Crippen molar-refractivity contribution in [1.29, 1.82) is 0 Å². The first-order valence-electron chi connectivity index (χ1n) is 5.93. The first-order valence-corrected chi connectivity index (χ1v) is 7.48. The van der Waals surface area contributed by atoms with Crippen LogP contribution in [-0.4, -0.2) is 57.4 Å². The largest absolute Gasteiger partial charge is 0.444 e. The van der Waals surface area contributed by atoms with Gasteiger partial charge in [-0.25, -0.2) is 14.7 Å².